The first kappa shape index (κ1) is 33.8. The molecule has 0 heterocycles. The lowest BCUT2D eigenvalue weighted by Crippen LogP contribution is -2.54. The minimum absolute atomic E-state index is 0.149. The molecule has 0 saturated carbocycles. The van der Waals surface area contributed by atoms with Crippen LogP contribution in [-0.4, -0.2) is 55.2 Å². The van der Waals surface area contributed by atoms with Crippen molar-refractivity contribution in [2.45, 2.75) is 149 Å². The predicted octanol–water partition coefficient (Wildman–Crippen LogP) is 6.06. The van der Waals surface area contributed by atoms with Crippen molar-refractivity contribution in [2.24, 2.45) is 0 Å². The molecule has 2 unspecified atom stereocenters. The summed E-state index contributed by atoms with van der Waals surface area (Å²) in [6.45, 7) is 7.90. The number of hydrogen-bond acceptors (Lipinski definition) is 7. The standard InChI is InChI=1S/C28H55NO6/c1-5-8-9-10-11-12-13-14-15-16-17-18-19-20-21-22-23-35-26(24(4)30)29-25(27(31)33-6-2)28(32)34-7-3/h24-26,29-30H,5-23H2,1-4H3. The highest BCUT2D eigenvalue weighted by Gasteiger charge is 2.33. The number of aliphatic hydroxyl groups excluding tert-OH is 1. The number of aliphatic hydroxyl groups is 1. The molecule has 2 atom stereocenters. The second kappa shape index (κ2) is 24.5. The molecule has 0 radical (unpaired) electrons. The van der Waals surface area contributed by atoms with Crippen LogP contribution < -0.4 is 5.32 Å². The molecule has 0 aromatic carbocycles. The topological polar surface area (TPSA) is 94.1 Å². The molecule has 0 spiro atoms. The van der Waals surface area contributed by atoms with E-state index in [-0.39, 0.29) is 13.2 Å². The zero-order valence-electron chi connectivity index (χ0n) is 23.2. The fraction of sp³-hybridized carbons (Fsp3) is 0.929. The third-order valence-electron chi connectivity index (χ3n) is 6.11. The second-order valence-corrected chi connectivity index (χ2v) is 9.44. The van der Waals surface area contributed by atoms with E-state index in [1.54, 1.807) is 20.8 Å². The van der Waals surface area contributed by atoms with E-state index in [2.05, 4.69) is 12.2 Å². The third-order valence-corrected chi connectivity index (χ3v) is 6.11. The van der Waals surface area contributed by atoms with Crippen molar-refractivity contribution in [3.63, 3.8) is 0 Å². The molecule has 0 rings (SSSR count). The van der Waals surface area contributed by atoms with Gasteiger partial charge in [0.05, 0.1) is 19.3 Å². The Kier molecular flexibility index (Phi) is 23.7. The van der Waals surface area contributed by atoms with Crippen molar-refractivity contribution < 1.29 is 28.9 Å². The zero-order chi connectivity index (χ0) is 26.2. The smallest absolute Gasteiger partial charge is 0.334 e. The van der Waals surface area contributed by atoms with Crippen molar-refractivity contribution in [1.82, 2.24) is 5.32 Å². The number of hydrogen-bond donors (Lipinski definition) is 2. The first-order chi connectivity index (χ1) is 17.0. The summed E-state index contributed by atoms with van der Waals surface area (Å²) in [5.41, 5.74) is 0. The van der Waals surface area contributed by atoms with Gasteiger partial charge in [0.25, 0.3) is 0 Å². The number of unbranched alkanes of at least 4 members (excludes halogenated alkanes) is 15. The van der Waals surface area contributed by atoms with Crippen LogP contribution >= 0.6 is 0 Å². The number of ether oxygens (including phenoxy) is 3. The van der Waals surface area contributed by atoms with Crippen LogP contribution in [0.3, 0.4) is 0 Å². The van der Waals surface area contributed by atoms with E-state index in [1.165, 1.54) is 89.9 Å². The van der Waals surface area contributed by atoms with Crippen LogP contribution in [0.5, 0.6) is 0 Å². The predicted molar refractivity (Wildman–Crippen MR) is 141 cm³/mol. The lowest BCUT2D eigenvalue weighted by molar-refractivity contribution is -0.161. The highest BCUT2D eigenvalue weighted by atomic mass is 16.6. The molecule has 7 heteroatoms. The van der Waals surface area contributed by atoms with Crippen molar-refractivity contribution in [1.29, 1.82) is 0 Å². The van der Waals surface area contributed by atoms with E-state index < -0.39 is 30.3 Å². The molecular formula is C28H55NO6. The monoisotopic (exact) mass is 501 g/mol. The number of nitrogens with one attached hydrogen (secondary N) is 1. The summed E-state index contributed by atoms with van der Waals surface area (Å²) in [7, 11) is 0. The van der Waals surface area contributed by atoms with Crippen LogP contribution in [0.1, 0.15) is 130 Å². The molecule has 0 fully saturated rings. The molecule has 0 bridgehead atoms. The highest BCUT2D eigenvalue weighted by Crippen LogP contribution is 2.14. The number of carbonyl (C=O) groups excluding carboxylic acids is 2. The molecule has 208 valence electrons. The van der Waals surface area contributed by atoms with Gasteiger partial charge in [0, 0.05) is 6.61 Å². The molecule has 0 amide bonds. The van der Waals surface area contributed by atoms with Crippen LogP contribution in [0.25, 0.3) is 0 Å². The van der Waals surface area contributed by atoms with Crippen molar-refractivity contribution >= 4 is 11.9 Å². The summed E-state index contributed by atoms with van der Waals surface area (Å²) in [5, 5.41) is 12.8. The van der Waals surface area contributed by atoms with Crippen LogP contribution in [0.2, 0.25) is 0 Å². The first-order valence-electron chi connectivity index (χ1n) is 14.4. The van der Waals surface area contributed by atoms with Gasteiger partial charge in [-0.3, -0.25) is 5.32 Å². The molecule has 0 aliphatic rings. The molecule has 7 nitrogen and oxygen atoms in total. The lowest BCUT2D eigenvalue weighted by atomic mass is 10.0. The SMILES string of the molecule is CCCCCCCCCCCCCCCCCCOC(NC(C(=O)OCC)C(=O)OCC)C(C)O. The maximum Gasteiger partial charge on any atom is 0.334 e. The van der Waals surface area contributed by atoms with Gasteiger partial charge in [-0.2, -0.15) is 0 Å². The van der Waals surface area contributed by atoms with Crippen molar-refractivity contribution in [2.75, 3.05) is 19.8 Å². The van der Waals surface area contributed by atoms with Gasteiger partial charge >= 0.3 is 11.9 Å². The molecule has 35 heavy (non-hydrogen) atoms. The van der Waals surface area contributed by atoms with E-state index in [9.17, 15) is 14.7 Å². The van der Waals surface area contributed by atoms with Crippen LogP contribution in [-0.2, 0) is 23.8 Å². The molecule has 0 aromatic rings. The number of carbonyl (C=O) groups is 2. The highest BCUT2D eigenvalue weighted by molar-refractivity contribution is 5.99. The fourth-order valence-electron chi connectivity index (χ4n) is 4.03. The van der Waals surface area contributed by atoms with E-state index in [4.69, 9.17) is 14.2 Å². The summed E-state index contributed by atoms with van der Waals surface area (Å²) in [6, 6.07) is -1.32. The summed E-state index contributed by atoms with van der Waals surface area (Å²) in [4.78, 5) is 24.3. The Hall–Kier alpha value is -1.18. The minimum Gasteiger partial charge on any atom is -0.464 e. The van der Waals surface area contributed by atoms with Crippen molar-refractivity contribution in [3.05, 3.63) is 0 Å². The van der Waals surface area contributed by atoms with Crippen molar-refractivity contribution in [3.8, 4) is 0 Å². The van der Waals surface area contributed by atoms with Gasteiger partial charge in [-0.15, -0.1) is 0 Å². The Balaban J connectivity index is 3.85. The fourth-order valence-corrected chi connectivity index (χ4v) is 4.03. The molecule has 0 aliphatic carbocycles. The molecule has 0 saturated heterocycles. The Morgan fingerprint density at radius 3 is 1.37 bits per heavy atom. The number of rotatable bonds is 25. The number of esters is 2. The quantitative estimate of drug-likeness (QED) is 0.0680. The zero-order valence-corrected chi connectivity index (χ0v) is 23.2. The summed E-state index contributed by atoms with van der Waals surface area (Å²) < 4.78 is 15.6. The van der Waals surface area contributed by atoms with Gasteiger partial charge in [-0.1, -0.05) is 103 Å². The third kappa shape index (κ3) is 19.7. The van der Waals surface area contributed by atoms with Gasteiger partial charge < -0.3 is 19.3 Å². The second-order valence-electron chi connectivity index (χ2n) is 9.44. The van der Waals surface area contributed by atoms with E-state index in [0.29, 0.717) is 6.61 Å². The van der Waals surface area contributed by atoms with Gasteiger partial charge in [0.1, 0.15) is 6.23 Å². The summed E-state index contributed by atoms with van der Waals surface area (Å²) in [6.07, 6.45) is 19.0. The molecular weight excluding hydrogens is 446 g/mol. The Morgan fingerprint density at radius 1 is 0.657 bits per heavy atom. The van der Waals surface area contributed by atoms with Gasteiger partial charge in [-0.25, -0.2) is 9.59 Å². The molecule has 2 N–H and O–H groups in total. The summed E-state index contributed by atoms with van der Waals surface area (Å²) in [5.74, 6) is -1.47. The van der Waals surface area contributed by atoms with E-state index in [1.807, 2.05) is 0 Å². The van der Waals surface area contributed by atoms with Crippen LogP contribution in [0, 0.1) is 0 Å². The van der Waals surface area contributed by atoms with E-state index in [0.717, 1.165) is 12.8 Å². The first-order valence-corrected chi connectivity index (χ1v) is 14.4. The van der Waals surface area contributed by atoms with Crippen LogP contribution in [0.4, 0.5) is 0 Å². The maximum absolute atomic E-state index is 12.1. The molecule has 0 aliphatic heterocycles. The average Bonchev–Trinajstić information content (AvgIpc) is 2.82. The van der Waals surface area contributed by atoms with Gasteiger partial charge in [0.2, 0.25) is 6.04 Å². The summed E-state index contributed by atoms with van der Waals surface area (Å²) >= 11 is 0. The van der Waals surface area contributed by atoms with Gasteiger partial charge in [0.15, 0.2) is 0 Å². The largest absolute Gasteiger partial charge is 0.464 e. The van der Waals surface area contributed by atoms with E-state index >= 15 is 0 Å². The molecule has 0 aromatic heterocycles. The average molecular weight is 502 g/mol. The lowest BCUT2D eigenvalue weighted by Gasteiger charge is -2.25. The Labute approximate surface area is 215 Å². The Bertz CT molecular complexity index is 482. The van der Waals surface area contributed by atoms with Crippen LogP contribution in [0.15, 0.2) is 0 Å². The minimum atomic E-state index is -1.32. The Morgan fingerprint density at radius 2 is 1.03 bits per heavy atom. The normalized spacial score (nSPS) is 13.1. The van der Waals surface area contributed by atoms with Gasteiger partial charge in [-0.05, 0) is 27.2 Å². The maximum atomic E-state index is 12.1.